The molecule has 0 atom stereocenters. The lowest BCUT2D eigenvalue weighted by atomic mass is 10.3. The lowest BCUT2D eigenvalue weighted by Gasteiger charge is -2.11. The maximum Gasteiger partial charge on any atom is 0.288 e. The Labute approximate surface area is 194 Å². The number of anilines is 2. The van der Waals surface area contributed by atoms with Crippen molar-refractivity contribution in [2.75, 3.05) is 10.0 Å². The van der Waals surface area contributed by atoms with Gasteiger partial charge in [0.2, 0.25) is 0 Å². The van der Waals surface area contributed by atoms with E-state index in [0.29, 0.717) is 21.6 Å². The van der Waals surface area contributed by atoms with Crippen LogP contribution < -0.4 is 10.0 Å². The van der Waals surface area contributed by atoms with Gasteiger partial charge in [-0.1, -0.05) is 29.4 Å². The van der Waals surface area contributed by atoms with Crippen molar-refractivity contribution in [1.29, 1.82) is 0 Å². The minimum absolute atomic E-state index is 0.0354. The molecule has 0 aliphatic carbocycles. The summed E-state index contributed by atoms with van der Waals surface area (Å²) in [6.07, 6.45) is 1.66. The molecule has 0 spiro atoms. The molecule has 0 aliphatic rings. The van der Waals surface area contributed by atoms with Crippen molar-refractivity contribution in [1.82, 2.24) is 9.38 Å². The second kappa shape index (κ2) is 9.06. The average molecular weight is 515 g/mol. The highest BCUT2D eigenvalue weighted by atomic mass is 35.5. The molecule has 13 heteroatoms. The average Bonchev–Trinajstić information content (AvgIpc) is 3.29. The molecule has 4 rings (SSSR count). The maximum atomic E-state index is 12.7. The van der Waals surface area contributed by atoms with Gasteiger partial charge in [-0.2, -0.15) is 8.78 Å². The van der Waals surface area contributed by atoms with E-state index in [1.54, 1.807) is 16.0 Å². The molecule has 0 radical (unpaired) electrons. The number of imidazole rings is 1. The summed E-state index contributed by atoms with van der Waals surface area (Å²) in [5.74, 6) is -3.11. The molecule has 32 heavy (non-hydrogen) atoms. The number of fused-ring (bicyclic) bond motifs is 1. The predicted octanol–water partition coefficient (Wildman–Crippen LogP) is 5.42. The molecule has 0 saturated carbocycles. The lowest BCUT2D eigenvalue weighted by molar-refractivity contribution is 0.102. The standard InChI is InChI=1S/C19H13ClF2N4O3S3/c20-16-15(26-8-9-30-19(26)24-16)17(27)23-12-2-1-3-14(10-12)32(28,29)25-11-4-6-13(7-5-11)31-18(21)22/h1-10,18,25H,(H,23,27). The van der Waals surface area contributed by atoms with Crippen molar-refractivity contribution >= 4 is 67.0 Å². The third-order valence-corrected chi connectivity index (χ3v) is 7.29. The zero-order valence-corrected chi connectivity index (χ0v) is 19.0. The number of sulfonamides is 1. The van der Waals surface area contributed by atoms with Crippen molar-refractivity contribution in [2.24, 2.45) is 0 Å². The second-order valence-corrected chi connectivity index (χ2v) is 10.3. The van der Waals surface area contributed by atoms with Crippen LogP contribution in [0.2, 0.25) is 5.15 Å². The van der Waals surface area contributed by atoms with Gasteiger partial charge in [-0.25, -0.2) is 13.4 Å². The molecule has 0 saturated heterocycles. The van der Waals surface area contributed by atoms with Gasteiger partial charge in [0.05, 0.1) is 4.90 Å². The molecular formula is C19H13ClF2N4O3S3. The van der Waals surface area contributed by atoms with Crippen LogP contribution in [0.15, 0.2) is 69.9 Å². The Kier molecular flexibility index (Phi) is 6.38. The van der Waals surface area contributed by atoms with Crippen molar-refractivity contribution in [3.05, 3.63) is 71.0 Å². The van der Waals surface area contributed by atoms with Crippen LogP contribution in [0, 0.1) is 0 Å². The number of rotatable bonds is 7. The fraction of sp³-hybridized carbons (Fsp3) is 0.0526. The Hall–Kier alpha value is -2.67. The van der Waals surface area contributed by atoms with E-state index < -0.39 is 21.7 Å². The quantitative estimate of drug-likeness (QED) is 0.321. The zero-order chi connectivity index (χ0) is 22.9. The third-order valence-electron chi connectivity index (χ3n) is 4.17. The first kappa shape index (κ1) is 22.5. The van der Waals surface area contributed by atoms with Gasteiger partial charge in [-0.15, -0.1) is 11.3 Å². The number of benzene rings is 2. The molecule has 2 aromatic carbocycles. The smallest absolute Gasteiger partial charge is 0.288 e. The lowest BCUT2D eigenvalue weighted by Crippen LogP contribution is -2.16. The molecule has 2 aromatic heterocycles. The van der Waals surface area contributed by atoms with E-state index in [1.165, 1.54) is 59.9 Å². The zero-order valence-electron chi connectivity index (χ0n) is 15.8. The summed E-state index contributed by atoms with van der Waals surface area (Å²) in [4.78, 5) is 17.6. The molecule has 7 nitrogen and oxygen atoms in total. The summed E-state index contributed by atoms with van der Waals surface area (Å²) in [6, 6.07) is 11.2. The van der Waals surface area contributed by atoms with Gasteiger partial charge < -0.3 is 5.32 Å². The van der Waals surface area contributed by atoms with Crippen LogP contribution >= 0.6 is 34.7 Å². The predicted molar refractivity (Wildman–Crippen MR) is 122 cm³/mol. The number of carbonyl (C=O) groups excluding carboxylic acids is 1. The fourth-order valence-corrected chi connectivity index (χ4v) is 5.44. The molecule has 1 amide bonds. The van der Waals surface area contributed by atoms with E-state index in [4.69, 9.17) is 11.6 Å². The summed E-state index contributed by atoms with van der Waals surface area (Å²) < 4.78 is 54.3. The third kappa shape index (κ3) is 4.88. The first-order chi connectivity index (χ1) is 15.2. The van der Waals surface area contributed by atoms with E-state index >= 15 is 0 Å². The number of carbonyl (C=O) groups is 1. The number of hydrogen-bond donors (Lipinski definition) is 2. The van der Waals surface area contributed by atoms with E-state index in [2.05, 4.69) is 15.0 Å². The van der Waals surface area contributed by atoms with Gasteiger partial charge in [0.25, 0.3) is 21.7 Å². The van der Waals surface area contributed by atoms with Crippen molar-refractivity contribution in [3.63, 3.8) is 0 Å². The number of nitrogens with one attached hydrogen (secondary N) is 2. The number of amides is 1. The Morgan fingerprint density at radius 2 is 1.91 bits per heavy atom. The number of thioether (sulfide) groups is 1. The Balaban J connectivity index is 1.52. The van der Waals surface area contributed by atoms with Crippen LogP contribution in [0.5, 0.6) is 0 Å². The minimum Gasteiger partial charge on any atom is -0.321 e. The van der Waals surface area contributed by atoms with Crippen molar-refractivity contribution < 1.29 is 22.0 Å². The summed E-state index contributed by atoms with van der Waals surface area (Å²) in [7, 11) is -3.99. The number of halogens is 3. The summed E-state index contributed by atoms with van der Waals surface area (Å²) in [5.41, 5.74) is 0.586. The normalized spacial score (nSPS) is 11.8. The van der Waals surface area contributed by atoms with Gasteiger partial charge in [-0.3, -0.25) is 13.9 Å². The van der Waals surface area contributed by atoms with Gasteiger partial charge in [-0.05, 0) is 42.5 Å². The van der Waals surface area contributed by atoms with E-state index in [0.717, 1.165) is 0 Å². The first-order valence-electron chi connectivity index (χ1n) is 8.83. The molecule has 0 aliphatic heterocycles. The second-order valence-electron chi connectivity index (χ2n) is 6.30. The number of alkyl halides is 2. The molecule has 0 bridgehead atoms. The van der Waals surface area contributed by atoms with Crippen LogP contribution in [-0.4, -0.2) is 29.5 Å². The molecule has 0 unspecified atom stereocenters. The Morgan fingerprint density at radius 1 is 1.16 bits per heavy atom. The van der Waals surface area contributed by atoms with Crippen molar-refractivity contribution in [2.45, 2.75) is 15.5 Å². The monoisotopic (exact) mass is 514 g/mol. The van der Waals surface area contributed by atoms with Crippen LogP contribution in [0.4, 0.5) is 20.2 Å². The molecular weight excluding hydrogens is 502 g/mol. The van der Waals surface area contributed by atoms with Gasteiger partial charge >= 0.3 is 0 Å². The first-order valence-corrected chi connectivity index (χ1v) is 12.4. The van der Waals surface area contributed by atoms with Crippen molar-refractivity contribution in [3.8, 4) is 0 Å². The van der Waals surface area contributed by atoms with E-state index in [1.807, 2.05) is 0 Å². The number of nitrogens with zero attached hydrogens (tertiary/aromatic N) is 2. The van der Waals surface area contributed by atoms with Gasteiger partial charge in [0.15, 0.2) is 15.8 Å². The number of aromatic nitrogens is 2. The maximum absolute atomic E-state index is 12.7. The summed E-state index contributed by atoms with van der Waals surface area (Å²) in [5, 5.41) is 4.42. The van der Waals surface area contributed by atoms with Crippen LogP contribution in [-0.2, 0) is 10.0 Å². The SMILES string of the molecule is O=C(Nc1cccc(S(=O)(=O)Nc2ccc(SC(F)F)cc2)c1)c1c(Cl)nc2sccn12. The van der Waals surface area contributed by atoms with Gasteiger partial charge in [0, 0.05) is 27.8 Å². The summed E-state index contributed by atoms with van der Waals surface area (Å²) in [6.45, 7) is 0. The largest absolute Gasteiger partial charge is 0.321 e. The fourth-order valence-electron chi connectivity index (χ4n) is 2.81. The van der Waals surface area contributed by atoms with Gasteiger partial charge in [0.1, 0.15) is 0 Å². The molecule has 0 fully saturated rings. The molecule has 2 N–H and O–H groups in total. The molecule has 166 valence electrons. The topological polar surface area (TPSA) is 92.6 Å². The number of thiazole rings is 1. The molecule has 4 aromatic rings. The number of hydrogen-bond acceptors (Lipinski definition) is 6. The molecule has 2 heterocycles. The minimum atomic E-state index is -3.99. The highest BCUT2D eigenvalue weighted by Gasteiger charge is 2.20. The van der Waals surface area contributed by atoms with E-state index in [-0.39, 0.29) is 27.1 Å². The highest BCUT2D eigenvalue weighted by molar-refractivity contribution is 7.99. The Bertz CT molecular complexity index is 1390. The summed E-state index contributed by atoms with van der Waals surface area (Å²) >= 11 is 7.75. The van der Waals surface area contributed by atoms with E-state index in [9.17, 15) is 22.0 Å². The Morgan fingerprint density at radius 3 is 2.62 bits per heavy atom. The van der Waals surface area contributed by atoms with Crippen LogP contribution in [0.25, 0.3) is 4.96 Å². The van der Waals surface area contributed by atoms with Crippen LogP contribution in [0.1, 0.15) is 10.5 Å². The highest BCUT2D eigenvalue weighted by Crippen LogP contribution is 2.27. The van der Waals surface area contributed by atoms with Crippen LogP contribution in [0.3, 0.4) is 0 Å².